The number of carbonyl (C=O) groups is 1. The third-order valence-electron chi connectivity index (χ3n) is 5.36. The highest BCUT2D eigenvalue weighted by molar-refractivity contribution is 6.79. The van der Waals surface area contributed by atoms with Crippen LogP contribution in [0.3, 0.4) is 0 Å². The van der Waals surface area contributed by atoms with Gasteiger partial charge in [-0.1, -0.05) is 79.0 Å². The van der Waals surface area contributed by atoms with E-state index in [2.05, 4.69) is 47.6 Å². The standard InChI is InChI=1S/C20H36O2Si/c1-16(2)23(17(3)4,18(5)6)22-20(21)15-11-10-14-19-12-8-7-9-13-19/h10-11,14-19H,7-9,12-13H2,1-6H3/b14-10+,15-11+. The average Bonchev–Trinajstić information content (AvgIpc) is 2.49. The minimum Gasteiger partial charge on any atom is -0.515 e. The number of hydrogen-bond acceptors (Lipinski definition) is 2. The largest absolute Gasteiger partial charge is 0.515 e. The van der Waals surface area contributed by atoms with Crippen molar-refractivity contribution in [3.05, 3.63) is 24.3 Å². The van der Waals surface area contributed by atoms with Gasteiger partial charge < -0.3 is 4.43 Å². The molecule has 1 saturated carbocycles. The molecule has 1 aliphatic rings. The van der Waals surface area contributed by atoms with Crippen LogP contribution in [0.4, 0.5) is 0 Å². The van der Waals surface area contributed by atoms with Crippen molar-refractivity contribution in [1.29, 1.82) is 0 Å². The van der Waals surface area contributed by atoms with E-state index in [0.717, 1.165) is 0 Å². The Morgan fingerprint density at radius 2 is 1.43 bits per heavy atom. The van der Waals surface area contributed by atoms with Crippen LogP contribution in [-0.4, -0.2) is 14.3 Å². The van der Waals surface area contributed by atoms with E-state index in [9.17, 15) is 4.79 Å². The van der Waals surface area contributed by atoms with Crippen LogP contribution in [0.1, 0.15) is 73.6 Å². The molecule has 0 radical (unpaired) electrons. The van der Waals surface area contributed by atoms with Gasteiger partial charge in [0.15, 0.2) is 0 Å². The zero-order valence-corrected chi connectivity index (χ0v) is 17.0. The molecule has 0 aliphatic heterocycles. The number of rotatable bonds is 7. The SMILES string of the molecule is CC(C)[Si](OC(=O)/C=C/C=C/C1CCCCC1)(C(C)C)C(C)C. The van der Waals surface area contributed by atoms with Crippen LogP contribution in [-0.2, 0) is 9.22 Å². The molecule has 0 bridgehead atoms. The lowest BCUT2D eigenvalue weighted by atomic mass is 9.89. The Bertz CT molecular complexity index is 394. The molecule has 1 aliphatic carbocycles. The zero-order chi connectivity index (χ0) is 17.5. The van der Waals surface area contributed by atoms with Crippen molar-refractivity contribution >= 4 is 14.3 Å². The summed E-state index contributed by atoms with van der Waals surface area (Å²) in [5, 5.41) is 0. The van der Waals surface area contributed by atoms with Gasteiger partial charge in [0.1, 0.15) is 0 Å². The summed E-state index contributed by atoms with van der Waals surface area (Å²) in [7, 11) is -2.11. The van der Waals surface area contributed by atoms with Gasteiger partial charge in [0, 0.05) is 6.08 Å². The first-order valence-corrected chi connectivity index (χ1v) is 11.5. The highest BCUT2D eigenvalue weighted by Gasteiger charge is 2.47. The van der Waals surface area contributed by atoms with Crippen LogP contribution < -0.4 is 0 Å². The highest BCUT2D eigenvalue weighted by Crippen LogP contribution is 2.42. The Morgan fingerprint density at radius 3 is 1.91 bits per heavy atom. The summed E-state index contributed by atoms with van der Waals surface area (Å²) in [6, 6.07) is 0. The molecule has 2 nitrogen and oxygen atoms in total. The van der Waals surface area contributed by atoms with Crippen molar-refractivity contribution in [2.24, 2.45) is 5.92 Å². The molecule has 0 saturated heterocycles. The van der Waals surface area contributed by atoms with E-state index < -0.39 is 8.32 Å². The first-order valence-electron chi connectivity index (χ1n) is 9.38. The highest BCUT2D eigenvalue weighted by atomic mass is 28.4. The van der Waals surface area contributed by atoms with E-state index in [1.54, 1.807) is 6.08 Å². The molecule has 0 amide bonds. The summed E-state index contributed by atoms with van der Waals surface area (Å²) in [4.78, 5) is 12.3. The Balaban J connectivity index is 2.64. The normalized spacial score (nSPS) is 18.0. The summed E-state index contributed by atoms with van der Waals surface area (Å²) in [5.41, 5.74) is 1.29. The summed E-state index contributed by atoms with van der Waals surface area (Å²) in [6.45, 7) is 13.2. The summed E-state index contributed by atoms with van der Waals surface area (Å²) >= 11 is 0. The second-order valence-corrected chi connectivity index (χ2v) is 13.3. The lowest BCUT2D eigenvalue weighted by Gasteiger charge is -2.40. The van der Waals surface area contributed by atoms with E-state index in [4.69, 9.17) is 4.43 Å². The van der Waals surface area contributed by atoms with Gasteiger partial charge in [-0.2, -0.15) is 0 Å². The third-order valence-corrected chi connectivity index (χ3v) is 11.3. The first kappa shape index (κ1) is 20.2. The molecule has 0 unspecified atom stereocenters. The lowest BCUT2D eigenvalue weighted by molar-refractivity contribution is -0.130. The Kier molecular flexibility index (Phi) is 8.31. The fraction of sp³-hybridized carbons (Fsp3) is 0.750. The fourth-order valence-electron chi connectivity index (χ4n) is 4.24. The maximum atomic E-state index is 12.3. The zero-order valence-electron chi connectivity index (χ0n) is 16.0. The van der Waals surface area contributed by atoms with Crippen LogP contribution in [0.2, 0.25) is 16.6 Å². The summed E-state index contributed by atoms with van der Waals surface area (Å²) in [6.07, 6.45) is 14.4. The Morgan fingerprint density at radius 1 is 0.913 bits per heavy atom. The maximum Gasteiger partial charge on any atom is 0.317 e. The lowest BCUT2D eigenvalue weighted by Crippen LogP contribution is -2.49. The van der Waals surface area contributed by atoms with Gasteiger partial charge in [-0.25, -0.2) is 4.79 Å². The van der Waals surface area contributed by atoms with E-state index in [0.29, 0.717) is 22.5 Å². The molecule has 0 aromatic rings. The molecule has 1 rings (SSSR count). The van der Waals surface area contributed by atoms with Crippen molar-refractivity contribution < 1.29 is 9.22 Å². The minimum atomic E-state index is -2.11. The smallest absolute Gasteiger partial charge is 0.317 e. The van der Waals surface area contributed by atoms with Gasteiger partial charge in [0.25, 0.3) is 8.32 Å². The molecule has 0 aromatic heterocycles. The van der Waals surface area contributed by atoms with E-state index in [1.807, 2.05) is 12.2 Å². The second kappa shape index (κ2) is 9.46. The average molecular weight is 337 g/mol. The van der Waals surface area contributed by atoms with Crippen LogP contribution in [0.25, 0.3) is 0 Å². The topological polar surface area (TPSA) is 26.3 Å². The predicted molar refractivity (Wildman–Crippen MR) is 102 cm³/mol. The monoisotopic (exact) mass is 336 g/mol. The van der Waals surface area contributed by atoms with Gasteiger partial charge in [0.2, 0.25) is 0 Å². The molecule has 0 heterocycles. The van der Waals surface area contributed by atoms with Gasteiger partial charge in [-0.3, -0.25) is 0 Å². The number of allylic oxidation sites excluding steroid dienone is 3. The van der Waals surface area contributed by atoms with Gasteiger partial charge in [0.05, 0.1) is 0 Å². The Hall–Kier alpha value is -0.833. The summed E-state index contributed by atoms with van der Waals surface area (Å²) < 4.78 is 6.09. The molecule has 23 heavy (non-hydrogen) atoms. The fourth-order valence-corrected chi connectivity index (χ4v) is 9.37. The van der Waals surface area contributed by atoms with Crippen LogP contribution in [0.15, 0.2) is 24.3 Å². The van der Waals surface area contributed by atoms with Gasteiger partial charge >= 0.3 is 5.97 Å². The number of hydrogen-bond donors (Lipinski definition) is 0. The minimum absolute atomic E-state index is 0.166. The van der Waals surface area contributed by atoms with Crippen LogP contribution in [0, 0.1) is 5.92 Å². The molecule has 0 atom stereocenters. The van der Waals surface area contributed by atoms with Crippen LogP contribution >= 0.6 is 0 Å². The predicted octanol–water partition coefficient (Wildman–Crippen LogP) is 6.40. The van der Waals surface area contributed by atoms with Crippen LogP contribution in [0.5, 0.6) is 0 Å². The van der Waals surface area contributed by atoms with Crippen molar-refractivity contribution in [2.45, 2.75) is 90.3 Å². The first-order chi connectivity index (χ1) is 10.8. The number of carbonyl (C=O) groups excluding carboxylic acids is 1. The molecular weight excluding hydrogens is 300 g/mol. The maximum absolute atomic E-state index is 12.3. The van der Waals surface area contributed by atoms with E-state index in [-0.39, 0.29) is 5.97 Å². The molecule has 132 valence electrons. The van der Waals surface area contributed by atoms with E-state index >= 15 is 0 Å². The second-order valence-electron chi connectivity index (χ2n) is 7.88. The van der Waals surface area contributed by atoms with Crippen molar-refractivity contribution in [3.8, 4) is 0 Å². The van der Waals surface area contributed by atoms with Crippen molar-refractivity contribution in [3.63, 3.8) is 0 Å². The molecule has 1 fully saturated rings. The molecule has 0 N–H and O–H groups in total. The third kappa shape index (κ3) is 5.63. The van der Waals surface area contributed by atoms with Gasteiger partial charge in [-0.15, -0.1) is 0 Å². The van der Waals surface area contributed by atoms with Gasteiger partial charge in [-0.05, 0) is 35.4 Å². The molecule has 3 heteroatoms. The summed E-state index contributed by atoms with van der Waals surface area (Å²) in [5.74, 6) is 0.529. The molecular formula is C20H36O2Si. The van der Waals surface area contributed by atoms with E-state index in [1.165, 1.54) is 32.1 Å². The van der Waals surface area contributed by atoms with Crippen molar-refractivity contribution in [1.82, 2.24) is 0 Å². The van der Waals surface area contributed by atoms with Crippen molar-refractivity contribution in [2.75, 3.05) is 0 Å². The molecule has 0 spiro atoms. The Labute approximate surface area is 144 Å². The molecule has 0 aromatic carbocycles. The quantitative estimate of drug-likeness (QED) is 0.305.